The molecule has 1 aliphatic rings. The Morgan fingerprint density at radius 1 is 1.03 bits per heavy atom. The summed E-state index contributed by atoms with van der Waals surface area (Å²) >= 11 is 1.58. The number of methoxy groups -OCH3 is 1. The van der Waals surface area contributed by atoms with Crippen molar-refractivity contribution in [2.45, 2.75) is 37.1 Å². The fourth-order valence-corrected chi connectivity index (χ4v) is 4.70. The fourth-order valence-electron chi connectivity index (χ4n) is 3.48. The number of hydrogen-bond acceptors (Lipinski definition) is 4. The Hall–Kier alpha value is -2.86. The lowest BCUT2D eigenvalue weighted by atomic mass is 10.0. The van der Waals surface area contributed by atoms with Crippen molar-refractivity contribution in [2.24, 2.45) is 0 Å². The van der Waals surface area contributed by atoms with Gasteiger partial charge in [0.25, 0.3) is 0 Å². The molecule has 5 nitrogen and oxygen atoms in total. The minimum Gasteiger partial charge on any atom is -0.497 e. The zero-order valence-electron chi connectivity index (χ0n) is 17.0. The monoisotopic (exact) mass is 407 g/mol. The molecule has 1 aliphatic heterocycles. The molecule has 0 saturated carbocycles. The summed E-state index contributed by atoms with van der Waals surface area (Å²) in [5.41, 5.74) is 8.87. The Labute approximate surface area is 175 Å². The van der Waals surface area contributed by atoms with Gasteiger partial charge in [0.1, 0.15) is 11.0 Å². The van der Waals surface area contributed by atoms with Crippen molar-refractivity contribution in [1.82, 2.24) is 4.68 Å². The van der Waals surface area contributed by atoms with Gasteiger partial charge in [0, 0.05) is 11.4 Å². The maximum atomic E-state index is 13.3. The average molecular weight is 408 g/mol. The standard InChI is InChI=1S/C23H25N3O2S/c1-14-5-9-18(13-15(14)2)24-23(27)22-21(17-7-10-19(28-4)11-8-17)25-26-16(3)6-12-20(26)29-22/h5-13,21-22,25H,1-4H3,(H,24,27)/t21-,22-/m0/s1. The van der Waals surface area contributed by atoms with E-state index in [4.69, 9.17) is 4.74 Å². The Morgan fingerprint density at radius 2 is 1.79 bits per heavy atom. The predicted molar refractivity (Wildman–Crippen MR) is 118 cm³/mol. The first-order chi connectivity index (χ1) is 14.0. The molecule has 1 amide bonds. The Balaban J connectivity index is 1.65. The highest BCUT2D eigenvalue weighted by Crippen LogP contribution is 2.39. The van der Waals surface area contributed by atoms with Crippen LogP contribution in [0.25, 0.3) is 0 Å². The number of thioether (sulfide) groups is 1. The number of aromatic nitrogens is 1. The van der Waals surface area contributed by atoms with Gasteiger partial charge < -0.3 is 15.5 Å². The van der Waals surface area contributed by atoms with Gasteiger partial charge in [0.05, 0.1) is 18.2 Å². The number of carbonyl (C=O) groups excluding carboxylic acids is 1. The van der Waals surface area contributed by atoms with Crippen LogP contribution >= 0.6 is 11.8 Å². The second-order valence-corrected chi connectivity index (χ2v) is 8.52. The summed E-state index contributed by atoms with van der Waals surface area (Å²) in [6.07, 6.45) is 0. The summed E-state index contributed by atoms with van der Waals surface area (Å²) in [6, 6.07) is 17.8. The SMILES string of the molecule is COc1ccc([C@@H]2Nn3c(C)ccc3S[C@@H]2C(=O)Nc2ccc(C)c(C)c2)cc1. The van der Waals surface area contributed by atoms with Crippen LogP contribution in [0.15, 0.2) is 59.6 Å². The molecular formula is C23H25N3O2S. The van der Waals surface area contributed by atoms with Crippen LogP contribution in [0, 0.1) is 20.8 Å². The van der Waals surface area contributed by atoms with Crippen molar-refractivity contribution in [3.8, 4) is 5.75 Å². The van der Waals surface area contributed by atoms with Gasteiger partial charge in [0.2, 0.25) is 5.91 Å². The molecule has 0 unspecified atom stereocenters. The molecule has 3 aromatic rings. The topological polar surface area (TPSA) is 55.3 Å². The van der Waals surface area contributed by atoms with Crippen LogP contribution in [-0.2, 0) is 4.79 Å². The molecule has 150 valence electrons. The molecule has 0 spiro atoms. The molecule has 0 bridgehead atoms. The van der Waals surface area contributed by atoms with Gasteiger partial charge in [-0.25, -0.2) is 0 Å². The number of aryl methyl sites for hydroxylation is 3. The van der Waals surface area contributed by atoms with Gasteiger partial charge >= 0.3 is 0 Å². The summed E-state index contributed by atoms with van der Waals surface area (Å²) < 4.78 is 7.34. The molecule has 4 rings (SSSR count). The number of amides is 1. The van der Waals surface area contributed by atoms with Gasteiger partial charge in [-0.1, -0.05) is 30.0 Å². The van der Waals surface area contributed by atoms with Crippen LogP contribution in [0.1, 0.15) is 28.4 Å². The first kappa shape index (κ1) is 19.5. The number of benzene rings is 2. The van der Waals surface area contributed by atoms with Gasteiger partial charge in [-0.15, -0.1) is 0 Å². The van der Waals surface area contributed by atoms with E-state index >= 15 is 0 Å². The van der Waals surface area contributed by atoms with Crippen molar-refractivity contribution in [3.05, 3.63) is 77.0 Å². The lowest BCUT2D eigenvalue weighted by Gasteiger charge is -2.34. The van der Waals surface area contributed by atoms with Crippen LogP contribution in [0.3, 0.4) is 0 Å². The van der Waals surface area contributed by atoms with Crippen LogP contribution in [0.2, 0.25) is 0 Å². The molecule has 6 heteroatoms. The Kier molecular flexibility index (Phi) is 5.28. The van der Waals surface area contributed by atoms with Crippen LogP contribution < -0.4 is 15.5 Å². The van der Waals surface area contributed by atoms with Crippen molar-refractivity contribution in [2.75, 3.05) is 17.9 Å². The van der Waals surface area contributed by atoms with E-state index in [1.165, 1.54) is 5.56 Å². The zero-order valence-corrected chi connectivity index (χ0v) is 17.8. The summed E-state index contributed by atoms with van der Waals surface area (Å²) in [7, 11) is 1.65. The van der Waals surface area contributed by atoms with Gasteiger partial charge in [-0.05, 0) is 73.9 Å². The number of nitrogens with one attached hydrogen (secondary N) is 2. The Morgan fingerprint density at radius 3 is 2.48 bits per heavy atom. The second kappa shape index (κ2) is 7.87. The first-order valence-electron chi connectivity index (χ1n) is 9.60. The number of rotatable bonds is 4. The third-order valence-electron chi connectivity index (χ3n) is 5.37. The molecule has 2 atom stereocenters. The number of nitrogens with zero attached hydrogens (tertiary/aromatic N) is 1. The van der Waals surface area contributed by atoms with Crippen molar-refractivity contribution in [3.63, 3.8) is 0 Å². The third-order valence-corrected chi connectivity index (χ3v) is 6.67. The second-order valence-electron chi connectivity index (χ2n) is 7.36. The van der Waals surface area contributed by atoms with Crippen molar-refractivity contribution >= 4 is 23.4 Å². The quantitative estimate of drug-likeness (QED) is 0.651. The maximum absolute atomic E-state index is 13.3. The Bertz CT molecular complexity index is 1040. The summed E-state index contributed by atoms with van der Waals surface area (Å²) in [4.78, 5) is 13.3. The van der Waals surface area contributed by atoms with Crippen LogP contribution in [0.4, 0.5) is 5.69 Å². The van der Waals surface area contributed by atoms with E-state index in [0.717, 1.165) is 33.3 Å². The summed E-state index contributed by atoms with van der Waals surface area (Å²) in [5, 5.41) is 3.83. The number of ether oxygens (including phenoxy) is 1. The van der Waals surface area contributed by atoms with Gasteiger partial charge in [-0.2, -0.15) is 0 Å². The molecule has 2 aromatic carbocycles. The maximum Gasteiger partial charge on any atom is 0.240 e. The highest BCUT2D eigenvalue weighted by molar-refractivity contribution is 8.00. The van der Waals surface area contributed by atoms with E-state index in [2.05, 4.69) is 42.3 Å². The van der Waals surface area contributed by atoms with Crippen LogP contribution in [-0.4, -0.2) is 22.9 Å². The summed E-state index contributed by atoms with van der Waals surface area (Å²) in [5.74, 6) is 0.780. The average Bonchev–Trinajstić information content (AvgIpc) is 3.10. The lowest BCUT2D eigenvalue weighted by Crippen LogP contribution is -2.41. The molecule has 2 N–H and O–H groups in total. The highest BCUT2D eigenvalue weighted by atomic mass is 32.2. The molecule has 29 heavy (non-hydrogen) atoms. The van der Waals surface area contributed by atoms with E-state index in [9.17, 15) is 4.79 Å². The third kappa shape index (κ3) is 3.85. The number of anilines is 1. The van der Waals surface area contributed by atoms with Crippen molar-refractivity contribution in [1.29, 1.82) is 0 Å². The van der Waals surface area contributed by atoms with E-state index in [0.29, 0.717) is 0 Å². The highest BCUT2D eigenvalue weighted by Gasteiger charge is 2.36. The zero-order chi connectivity index (χ0) is 20.5. The smallest absolute Gasteiger partial charge is 0.240 e. The molecule has 2 heterocycles. The predicted octanol–water partition coefficient (Wildman–Crippen LogP) is 4.82. The first-order valence-corrected chi connectivity index (χ1v) is 10.5. The molecule has 0 saturated heterocycles. The van der Waals surface area contributed by atoms with Gasteiger partial charge in [0.15, 0.2) is 0 Å². The molecule has 1 aromatic heterocycles. The van der Waals surface area contributed by atoms with Crippen LogP contribution in [0.5, 0.6) is 5.75 Å². The molecule has 0 fully saturated rings. The largest absolute Gasteiger partial charge is 0.497 e. The number of fused-ring (bicyclic) bond motifs is 1. The molecule has 0 aliphatic carbocycles. The fraction of sp³-hybridized carbons (Fsp3) is 0.261. The number of carbonyl (C=O) groups is 1. The van der Waals surface area contributed by atoms with E-state index in [1.54, 1.807) is 18.9 Å². The number of hydrogen-bond donors (Lipinski definition) is 2. The minimum atomic E-state index is -0.313. The van der Waals surface area contributed by atoms with E-state index < -0.39 is 0 Å². The normalized spacial score (nSPS) is 17.9. The minimum absolute atomic E-state index is 0.0170. The molecular weight excluding hydrogens is 382 g/mol. The van der Waals surface area contributed by atoms with Crippen molar-refractivity contribution < 1.29 is 9.53 Å². The van der Waals surface area contributed by atoms with E-state index in [1.807, 2.05) is 48.5 Å². The lowest BCUT2D eigenvalue weighted by molar-refractivity contribution is -0.116. The summed E-state index contributed by atoms with van der Waals surface area (Å²) in [6.45, 7) is 6.17. The van der Waals surface area contributed by atoms with Gasteiger partial charge in [-0.3, -0.25) is 9.47 Å². The molecule has 0 radical (unpaired) electrons. The van der Waals surface area contributed by atoms with E-state index in [-0.39, 0.29) is 17.2 Å².